The number of piperidine rings is 1. The van der Waals surface area contributed by atoms with E-state index in [0.717, 1.165) is 25.9 Å². The molecular formula is C17H21ClN4O3S. The second-order valence-electron chi connectivity index (χ2n) is 6.02. The summed E-state index contributed by atoms with van der Waals surface area (Å²) in [5.74, 6) is 1.07. The number of methoxy groups -OCH3 is 1. The van der Waals surface area contributed by atoms with E-state index in [9.17, 15) is 8.42 Å². The first kappa shape index (κ1) is 18.9. The summed E-state index contributed by atoms with van der Waals surface area (Å²) in [5, 5.41) is 0.241. The van der Waals surface area contributed by atoms with Crippen LogP contribution in [0.2, 0.25) is 5.02 Å². The highest BCUT2D eigenvalue weighted by atomic mass is 35.5. The van der Waals surface area contributed by atoms with Crippen molar-refractivity contribution in [3.63, 3.8) is 0 Å². The van der Waals surface area contributed by atoms with Gasteiger partial charge in [0.1, 0.15) is 5.75 Å². The Morgan fingerprint density at radius 3 is 2.69 bits per heavy atom. The second kappa shape index (κ2) is 8.20. The van der Waals surface area contributed by atoms with Crippen molar-refractivity contribution in [3.05, 3.63) is 41.2 Å². The molecule has 1 saturated heterocycles. The number of benzene rings is 1. The van der Waals surface area contributed by atoms with Gasteiger partial charge in [-0.1, -0.05) is 11.6 Å². The minimum absolute atomic E-state index is 0.0774. The standard InChI is InChI=1S/C17H21ClN4O3S/c1-25-16-6-5-14(11-15(16)18)26(23,24)20-12-13-7-8-19-17(21-13)22-9-3-2-4-10-22/h5-8,11,20H,2-4,9-10,12H2,1H3. The number of rotatable bonds is 6. The van der Waals surface area contributed by atoms with Crippen LogP contribution >= 0.6 is 11.6 Å². The van der Waals surface area contributed by atoms with E-state index < -0.39 is 10.0 Å². The molecule has 0 amide bonds. The molecule has 0 aliphatic carbocycles. The molecule has 140 valence electrons. The fourth-order valence-corrected chi connectivity index (χ4v) is 4.14. The smallest absolute Gasteiger partial charge is 0.240 e. The molecule has 2 aromatic rings. The van der Waals surface area contributed by atoms with E-state index in [1.165, 1.54) is 31.7 Å². The Morgan fingerprint density at radius 1 is 1.23 bits per heavy atom. The van der Waals surface area contributed by atoms with Crippen LogP contribution < -0.4 is 14.4 Å². The lowest BCUT2D eigenvalue weighted by atomic mass is 10.1. The second-order valence-corrected chi connectivity index (χ2v) is 8.19. The van der Waals surface area contributed by atoms with Crippen LogP contribution in [0.1, 0.15) is 25.0 Å². The zero-order valence-corrected chi connectivity index (χ0v) is 16.1. The highest BCUT2D eigenvalue weighted by Gasteiger charge is 2.17. The van der Waals surface area contributed by atoms with Gasteiger partial charge in [-0.2, -0.15) is 0 Å². The van der Waals surface area contributed by atoms with Gasteiger partial charge in [0, 0.05) is 19.3 Å². The number of halogens is 1. The summed E-state index contributed by atoms with van der Waals surface area (Å²) in [6.45, 7) is 1.94. The Kier molecular flexibility index (Phi) is 5.95. The summed E-state index contributed by atoms with van der Waals surface area (Å²) in [4.78, 5) is 11.0. The Hall–Kier alpha value is -1.90. The molecule has 0 spiro atoms. The monoisotopic (exact) mass is 396 g/mol. The molecule has 1 aromatic carbocycles. The average Bonchev–Trinajstić information content (AvgIpc) is 2.67. The molecule has 0 unspecified atom stereocenters. The molecular weight excluding hydrogens is 376 g/mol. The molecule has 0 radical (unpaired) electrons. The number of nitrogens with one attached hydrogen (secondary N) is 1. The molecule has 3 rings (SSSR count). The number of anilines is 1. The molecule has 2 heterocycles. The first-order valence-electron chi connectivity index (χ1n) is 8.40. The van der Waals surface area contributed by atoms with Crippen LogP contribution in [0.3, 0.4) is 0 Å². The van der Waals surface area contributed by atoms with Crippen LogP contribution in [0.5, 0.6) is 5.75 Å². The molecule has 0 atom stereocenters. The molecule has 1 N–H and O–H groups in total. The van der Waals surface area contributed by atoms with Gasteiger partial charge in [-0.25, -0.2) is 23.1 Å². The van der Waals surface area contributed by atoms with Gasteiger partial charge in [0.05, 0.1) is 29.3 Å². The quantitative estimate of drug-likeness (QED) is 0.807. The van der Waals surface area contributed by atoms with E-state index in [2.05, 4.69) is 19.6 Å². The number of hydrogen-bond acceptors (Lipinski definition) is 6. The van der Waals surface area contributed by atoms with E-state index in [-0.39, 0.29) is 16.5 Å². The summed E-state index contributed by atoms with van der Waals surface area (Å²) in [7, 11) is -2.23. The third-order valence-electron chi connectivity index (χ3n) is 4.22. The van der Waals surface area contributed by atoms with Gasteiger partial charge in [0.2, 0.25) is 16.0 Å². The Labute approximate surface area is 158 Å². The van der Waals surface area contributed by atoms with Crippen molar-refractivity contribution in [1.82, 2.24) is 14.7 Å². The molecule has 7 nitrogen and oxygen atoms in total. The molecule has 1 fully saturated rings. The average molecular weight is 397 g/mol. The maximum Gasteiger partial charge on any atom is 0.240 e. The lowest BCUT2D eigenvalue weighted by Crippen LogP contribution is -2.31. The number of nitrogens with zero attached hydrogens (tertiary/aromatic N) is 3. The Bertz CT molecular complexity index is 870. The summed E-state index contributed by atoms with van der Waals surface area (Å²) >= 11 is 6.02. The zero-order valence-electron chi connectivity index (χ0n) is 14.5. The van der Waals surface area contributed by atoms with Gasteiger partial charge >= 0.3 is 0 Å². The third-order valence-corrected chi connectivity index (χ3v) is 5.91. The van der Waals surface area contributed by atoms with Crippen molar-refractivity contribution in [1.29, 1.82) is 0 Å². The van der Waals surface area contributed by atoms with Gasteiger partial charge in [0.25, 0.3) is 0 Å². The molecule has 1 aliphatic rings. The van der Waals surface area contributed by atoms with Crippen molar-refractivity contribution in [2.75, 3.05) is 25.1 Å². The summed E-state index contributed by atoms with van der Waals surface area (Å²) in [6.07, 6.45) is 5.13. The first-order chi connectivity index (χ1) is 12.5. The molecule has 1 aromatic heterocycles. The van der Waals surface area contributed by atoms with Crippen molar-refractivity contribution in [2.24, 2.45) is 0 Å². The van der Waals surface area contributed by atoms with E-state index in [0.29, 0.717) is 17.4 Å². The van der Waals surface area contributed by atoms with Crippen LogP contribution in [-0.4, -0.2) is 38.6 Å². The van der Waals surface area contributed by atoms with Gasteiger partial charge < -0.3 is 9.64 Å². The fraction of sp³-hybridized carbons (Fsp3) is 0.412. The lowest BCUT2D eigenvalue weighted by Gasteiger charge is -2.26. The molecule has 0 bridgehead atoms. The Morgan fingerprint density at radius 2 is 2.00 bits per heavy atom. The molecule has 0 saturated carbocycles. The van der Waals surface area contributed by atoms with Crippen molar-refractivity contribution >= 4 is 27.6 Å². The van der Waals surface area contributed by atoms with E-state index in [1.807, 2.05) is 0 Å². The summed E-state index contributed by atoms with van der Waals surface area (Å²) < 4.78 is 32.6. The third kappa shape index (κ3) is 4.44. The van der Waals surface area contributed by atoms with Crippen LogP contribution in [0.4, 0.5) is 5.95 Å². The topological polar surface area (TPSA) is 84.4 Å². The predicted molar refractivity (Wildman–Crippen MR) is 100 cm³/mol. The van der Waals surface area contributed by atoms with Gasteiger partial charge in [-0.05, 0) is 43.5 Å². The number of hydrogen-bond donors (Lipinski definition) is 1. The lowest BCUT2D eigenvalue weighted by molar-refractivity contribution is 0.414. The van der Waals surface area contributed by atoms with E-state index in [1.54, 1.807) is 12.3 Å². The maximum absolute atomic E-state index is 12.5. The minimum Gasteiger partial charge on any atom is -0.495 e. The first-order valence-corrected chi connectivity index (χ1v) is 10.3. The number of ether oxygens (including phenoxy) is 1. The highest BCUT2D eigenvalue weighted by Crippen LogP contribution is 2.26. The SMILES string of the molecule is COc1ccc(S(=O)(=O)NCc2ccnc(N3CCCCC3)n2)cc1Cl. The minimum atomic E-state index is -3.71. The van der Waals surface area contributed by atoms with Gasteiger partial charge in [-0.15, -0.1) is 0 Å². The van der Waals surface area contributed by atoms with E-state index in [4.69, 9.17) is 16.3 Å². The van der Waals surface area contributed by atoms with Crippen molar-refractivity contribution in [3.8, 4) is 5.75 Å². The molecule has 26 heavy (non-hydrogen) atoms. The molecule has 1 aliphatic heterocycles. The van der Waals surface area contributed by atoms with Gasteiger partial charge in [-0.3, -0.25) is 0 Å². The zero-order chi connectivity index (χ0) is 18.6. The Balaban J connectivity index is 1.70. The maximum atomic E-state index is 12.5. The van der Waals surface area contributed by atoms with Crippen molar-refractivity contribution < 1.29 is 13.2 Å². The van der Waals surface area contributed by atoms with Crippen LogP contribution in [-0.2, 0) is 16.6 Å². The van der Waals surface area contributed by atoms with Crippen LogP contribution in [0.25, 0.3) is 0 Å². The molecule has 9 heteroatoms. The number of sulfonamides is 1. The predicted octanol–water partition coefficient (Wildman–Crippen LogP) is 2.61. The normalized spacial score (nSPS) is 15.1. The number of aromatic nitrogens is 2. The largest absolute Gasteiger partial charge is 0.495 e. The van der Waals surface area contributed by atoms with Crippen LogP contribution in [0, 0.1) is 0 Å². The summed E-state index contributed by atoms with van der Waals surface area (Å²) in [5.41, 5.74) is 0.615. The van der Waals surface area contributed by atoms with Gasteiger partial charge in [0.15, 0.2) is 0 Å². The highest BCUT2D eigenvalue weighted by molar-refractivity contribution is 7.89. The van der Waals surface area contributed by atoms with Crippen molar-refractivity contribution in [2.45, 2.75) is 30.7 Å². The fourth-order valence-electron chi connectivity index (χ4n) is 2.80. The van der Waals surface area contributed by atoms with E-state index >= 15 is 0 Å². The van der Waals surface area contributed by atoms with Crippen LogP contribution in [0.15, 0.2) is 35.4 Å². The summed E-state index contributed by atoms with van der Waals surface area (Å²) in [6, 6.07) is 6.04.